The fourth-order valence-corrected chi connectivity index (χ4v) is 3.34. The third kappa shape index (κ3) is 2.55. The van der Waals surface area contributed by atoms with Gasteiger partial charge in [-0.05, 0) is 40.2 Å². The van der Waals surface area contributed by atoms with Crippen LogP contribution in [0.25, 0.3) is 0 Å². The van der Waals surface area contributed by atoms with Crippen molar-refractivity contribution in [3.63, 3.8) is 0 Å². The van der Waals surface area contributed by atoms with Crippen LogP contribution in [0.2, 0.25) is 0 Å². The number of amides is 1. The molecule has 0 N–H and O–H groups in total. The van der Waals surface area contributed by atoms with Crippen molar-refractivity contribution in [1.29, 1.82) is 0 Å². The van der Waals surface area contributed by atoms with E-state index in [0.29, 0.717) is 0 Å². The third-order valence-electron chi connectivity index (χ3n) is 2.52. The number of hydrogen-bond donors (Lipinski definition) is 0. The summed E-state index contributed by atoms with van der Waals surface area (Å²) in [5, 5.41) is 2.16. The Labute approximate surface area is 106 Å². The lowest BCUT2D eigenvalue weighted by Crippen LogP contribution is -2.38. The average molecular weight is 309 g/mol. The summed E-state index contributed by atoms with van der Waals surface area (Å²) in [4.78, 5) is 14.7. The molecule has 1 aromatic heterocycles. The first-order chi connectivity index (χ1) is 7.18. The summed E-state index contributed by atoms with van der Waals surface area (Å²) < 4.78 is 0.894. The Morgan fingerprint density at radius 3 is 2.73 bits per heavy atom. The van der Waals surface area contributed by atoms with Crippen LogP contribution in [0, 0.1) is 0 Å². The molecule has 0 aliphatic carbocycles. The van der Waals surface area contributed by atoms with Gasteiger partial charge < -0.3 is 4.90 Å². The quantitative estimate of drug-likeness (QED) is 0.729. The molecule has 1 amide bonds. The highest BCUT2D eigenvalue weighted by molar-refractivity contribution is 9.10. The number of likely N-dealkylation sites (tertiary alicyclic amines) is 1. The molecule has 0 aromatic carbocycles. The highest BCUT2D eigenvalue weighted by Gasteiger charge is 2.24. The van der Waals surface area contributed by atoms with E-state index in [1.807, 2.05) is 16.3 Å². The highest BCUT2D eigenvalue weighted by Crippen LogP contribution is 2.26. The van der Waals surface area contributed by atoms with Crippen molar-refractivity contribution in [1.82, 2.24) is 4.90 Å². The zero-order valence-corrected chi connectivity index (χ0v) is 11.2. The first kappa shape index (κ1) is 11.4. The number of hydrogen-bond acceptors (Lipinski definition) is 2. The van der Waals surface area contributed by atoms with Crippen molar-refractivity contribution in [3.8, 4) is 0 Å². The molecule has 1 aliphatic heterocycles. The SMILES string of the molecule is O=C(c1sccc1Br)N1CCC(Cl)CC1. The zero-order valence-electron chi connectivity index (χ0n) is 8.08. The Bertz CT molecular complexity index is 360. The van der Waals surface area contributed by atoms with E-state index < -0.39 is 0 Å². The van der Waals surface area contributed by atoms with Gasteiger partial charge in [0.15, 0.2) is 0 Å². The van der Waals surface area contributed by atoms with Crippen LogP contribution < -0.4 is 0 Å². The summed E-state index contributed by atoms with van der Waals surface area (Å²) in [6, 6.07) is 1.91. The second-order valence-corrected chi connectivity index (χ2v) is 5.95. The van der Waals surface area contributed by atoms with E-state index in [4.69, 9.17) is 11.6 Å². The van der Waals surface area contributed by atoms with E-state index in [1.54, 1.807) is 0 Å². The molecule has 0 saturated carbocycles. The normalized spacial score (nSPS) is 18.1. The number of rotatable bonds is 1. The molecule has 2 heterocycles. The lowest BCUT2D eigenvalue weighted by Gasteiger charge is -2.29. The number of nitrogens with zero attached hydrogens (tertiary/aromatic N) is 1. The molecule has 1 aromatic rings. The van der Waals surface area contributed by atoms with Crippen molar-refractivity contribution in [3.05, 3.63) is 20.8 Å². The molecule has 2 rings (SSSR count). The summed E-state index contributed by atoms with van der Waals surface area (Å²) in [5.74, 6) is 0.125. The number of piperidine rings is 1. The maximum Gasteiger partial charge on any atom is 0.265 e. The lowest BCUT2D eigenvalue weighted by atomic mass is 10.1. The van der Waals surface area contributed by atoms with Crippen LogP contribution in [0.1, 0.15) is 22.5 Å². The van der Waals surface area contributed by atoms with E-state index in [9.17, 15) is 4.79 Å². The number of thiophene rings is 1. The molecule has 0 spiro atoms. The van der Waals surface area contributed by atoms with Gasteiger partial charge >= 0.3 is 0 Å². The standard InChI is InChI=1S/C10H11BrClNOS/c11-8-3-6-15-9(8)10(14)13-4-1-7(12)2-5-13/h3,6-7H,1-2,4-5H2. The molecule has 1 fully saturated rings. The summed E-state index contributed by atoms with van der Waals surface area (Å²) in [6.45, 7) is 1.55. The van der Waals surface area contributed by atoms with Crippen molar-refractivity contribution in [2.75, 3.05) is 13.1 Å². The van der Waals surface area contributed by atoms with Gasteiger partial charge in [0.1, 0.15) is 4.88 Å². The maximum absolute atomic E-state index is 12.1. The van der Waals surface area contributed by atoms with Crippen LogP contribution >= 0.6 is 38.9 Å². The van der Waals surface area contributed by atoms with Gasteiger partial charge in [-0.2, -0.15) is 0 Å². The number of carbonyl (C=O) groups excluding carboxylic acids is 1. The summed E-state index contributed by atoms with van der Waals surface area (Å²) in [7, 11) is 0. The molecule has 82 valence electrons. The number of carbonyl (C=O) groups is 1. The van der Waals surface area contributed by atoms with Crippen molar-refractivity contribution in [2.24, 2.45) is 0 Å². The van der Waals surface area contributed by atoms with E-state index in [0.717, 1.165) is 35.3 Å². The van der Waals surface area contributed by atoms with Crippen LogP contribution in [0.5, 0.6) is 0 Å². The van der Waals surface area contributed by atoms with E-state index in [2.05, 4.69) is 15.9 Å². The molecule has 0 radical (unpaired) electrons. The predicted octanol–water partition coefficient (Wildman–Crippen LogP) is 3.35. The minimum Gasteiger partial charge on any atom is -0.338 e. The minimum atomic E-state index is 0.125. The first-order valence-electron chi connectivity index (χ1n) is 4.85. The predicted molar refractivity (Wildman–Crippen MR) is 66.8 cm³/mol. The molecule has 0 unspecified atom stereocenters. The van der Waals surface area contributed by atoms with E-state index >= 15 is 0 Å². The lowest BCUT2D eigenvalue weighted by molar-refractivity contribution is 0.0730. The van der Waals surface area contributed by atoms with Crippen LogP contribution in [0.3, 0.4) is 0 Å². The molecule has 1 saturated heterocycles. The summed E-state index contributed by atoms with van der Waals surface area (Å²) in [6.07, 6.45) is 1.80. The van der Waals surface area contributed by atoms with Crippen molar-refractivity contribution < 1.29 is 4.79 Å². The Kier molecular flexibility index (Phi) is 3.69. The van der Waals surface area contributed by atoms with Gasteiger partial charge in [-0.15, -0.1) is 22.9 Å². The fourth-order valence-electron chi connectivity index (χ4n) is 1.64. The summed E-state index contributed by atoms with van der Waals surface area (Å²) in [5.41, 5.74) is 0. The Morgan fingerprint density at radius 2 is 2.20 bits per heavy atom. The highest BCUT2D eigenvalue weighted by atomic mass is 79.9. The second kappa shape index (κ2) is 4.85. The molecule has 2 nitrogen and oxygen atoms in total. The molecular formula is C10H11BrClNOS. The topological polar surface area (TPSA) is 20.3 Å². The van der Waals surface area contributed by atoms with Crippen molar-refractivity contribution >= 4 is 44.8 Å². The minimum absolute atomic E-state index is 0.125. The molecule has 15 heavy (non-hydrogen) atoms. The van der Waals surface area contributed by atoms with Gasteiger partial charge in [0, 0.05) is 22.9 Å². The Balaban J connectivity index is 2.06. The zero-order chi connectivity index (χ0) is 10.8. The molecule has 1 aliphatic rings. The fraction of sp³-hybridized carbons (Fsp3) is 0.500. The van der Waals surface area contributed by atoms with Crippen LogP contribution in [0.4, 0.5) is 0 Å². The molecule has 0 bridgehead atoms. The largest absolute Gasteiger partial charge is 0.338 e. The van der Waals surface area contributed by atoms with Crippen LogP contribution in [0.15, 0.2) is 15.9 Å². The van der Waals surface area contributed by atoms with Crippen LogP contribution in [-0.2, 0) is 0 Å². The van der Waals surface area contributed by atoms with Gasteiger partial charge in [-0.25, -0.2) is 0 Å². The van der Waals surface area contributed by atoms with E-state index in [-0.39, 0.29) is 11.3 Å². The molecule has 0 atom stereocenters. The molecular weight excluding hydrogens is 298 g/mol. The van der Waals surface area contributed by atoms with Gasteiger partial charge in [-0.3, -0.25) is 4.79 Å². The van der Waals surface area contributed by atoms with Gasteiger partial charge in [0.2, 0.25) is 0 Å². The van der Waals surface area contributed by atoms with Crippen molar-refractivity contribution in [2.45, 2.75) is 18.2 Å². The third-order valence-corrected chi connectivity index (χ3v) is 4.79. The first-order valence-corrected chi connectivity index (χ1v) is 6.95. The van der Waals surface area contributed by atoms with Crippen LogP contribution in [-0.4, -0.2) is 29.3 Å². The average Bonchev–Trinajstić information content (AvgIpc) is 2.65. The monoisotopic (exact) mass is 307 g/mol. The molecule has 5 heteroatoms. The van der Waals surface area contributed by atoms with E-state index in [1.165, 1.54) is 11.3 Å². The number of alkyl halides is 1. The second-order valence-electron chi connectivity index (χ2n) is 3.56. The van der Waals surface area contributed by atoms with Gasteiger partial charge in [0.25, 0.3) is 5.91 Å². The van der Waals surface area contributed by atoms with Gasteiger partial charge in [-0.1, -0.05) is 0 Å². The Hall–Kier alpha value is -0.0600. The Morgan fingerprint density at radius 1 is 1.53 bits per heavy atom. The smallest absolute Gasteiger partial charge is 0.265 e. The summed E-state index contributed by atoms with van der Waals surface area (Å²) >= 11 is 10.9. The van der Waals surface area contributed by atoms with Gasteiger partial charge in [0.05, 0.1) is 0 Å². The maximum atomic E-state index is 12.1. The number of halogens is 2.